The minimum absolute atomic E-state index is 0.00613. The van der Waals surface area contributed by atoms with Gasteiger partial charge < -0.3 is 25.1 Å². The highest BCUT2D eigenvalue weighted by Gasteiger charge is 2.29. The number of carbonyl (C=O) groups excluding carboxylic acids is 2. The van der Waals surface area contributed by atoms with E-state index in [2.05, 4.69) is 23.7 Å². The van der Waals surface area contributed by atoms with Gasteiger partial charge in [-0.15, -0.1) is 22.7 Å². The van der Waals surface area contributed by atoms with Crippen LogP contribution in [0.3, 0.4) is 0 Å². The first-order valence-corrected chi connectivity index (χ1v) is 19.9. The molecule has 0 bridgehead atoms. The van der Waals surface area contributed by atoms with Crippen LogP contribution in [0, 0.1) is 48.4 Å². The fraction of sp³-hybridized carbons (Fsp3) is 0.349. The number of amides is 2. The van der Waals surface area contributed by atoms with Gasteiger partial charge in [-0.1, -0.05) is 46.9 Å². The molecule has 2 aromatic carbocycles. The first-order valence-electron chi connectivity index (χ1n) is 17.5. The molecule has 56 heavy (non-hydrogen) atoms. The van der Waals surface area contributed by atoms with E-state index in [1.165, 1.54) is 9.80 Å². The highest BCUT2D eigenvalue weighted by atomic mass is 35.5. The maximum atomic E-state index is 13.3. The average Bonchev–Trinajstić information content (AvgIpc) is 3.70. The summed E-state index contributed by atoms with van der Waals surface area (Å²) in [6.45, 7) is 18.7. The molecule has 296 valence electrons. The second-order valence-corrected chi connectivity index (χ2v) is 18.1. The van der Waals surface area contributed by atoms with Crippen LogP contribution < -0.4 is 9.80 Å². The molecule has 4 rings (SSSR count). The Morgan fingerprint density at radius 1 is 0.696 bits per heavy atom. The molecule has 2 amide bonds. The Morgan fingerprint density at radius 2 is 1.11 bits per heavy atom. The number of halogens is 2. The van der Waals surface area contributed by atoms with E-state index in [1.54, 1.807) is 55.5 Å². The molecule has 0 saturated heterocycles. The molecule has 0 fully saturated rings. The Hall–Kier alpha value is -4.62. The van der Waals surface area contributed by atoms with Gasteiger partial charge >= 0.3 is 11.9 Å². The number of hydrogen-bond donors (Lipinski definition) is 3. The van der Waals surface area contributed by atoms with Gasteiger partial charge in [0.25, 0.3) is 11.8 Å². The topological polar surface area (TPSA) is 135 Å². The molecule has 0 atom stereocenters. The summed E-state index contributed by atoms with van der Waals surface area (Å²) < 4.78 is 0. The van der Waals surface area contributed by atoms with Gasteiger partial charge in [0.05, 0.1) is 27.7 Å². The predicted octanol–water partition coefficient (Wildman–Crippen LogP) is 10.3. The molecular formula is C43H46Cl2N2O7S2. The fourth-order valence-electron chi connectivity index (χ4n) is 5.13. The lowest BCUT2D eigenvalue weighted by Gasteiger charge is -2.27. The second-order valence-electron chi connectivity index (χ2n) is 15.1. The summed E-state index contributed by atoms with van der Waals surface area (Å²) in [5.74, 6) is 9.31. The molecule has 0 unspecified atom stereocenters. The summed E-state index contributed by atoms with van der Waals surface area (Å²) >= 11 is 14.1. The number of aliphatic hydroxyl groups excluding tert-OH is 1. The number of carbonyl (C=O) groups is 4. The molecule has 0 saturated carbocycles. The minimum atomic E-state index is -1.15. The second kappa shape index (κ2) is 19.0. The molecule has 0 spiro atoms. The summed E-state index contributed by atoms with van der Waals surface area (Å²) in [4.78, 5) is 54.1. The maximum absolute atomic E-state index is 13.3. The highest BCUT2D eigenvalue weighted by Crippen LogP contribution is 2.34. The summed E-state index contributed by atoms with van der Waals surface area (Å²) in [7, 11) is 0. The first-order chi connectivity index (χ1) is 25.9. The number of aromatic carboxylic acids is 2. The summed E-state index contributed by atoms with van der Waals surface area (Å²) in [5, 5.41) is 29.8. The summed E-state index contributed by atoms with van der Waals surface area (Å²) in [6, 6.07) is 13.0. The molecule has 2 aromatic heterocycles. The number of carboxylic acid groups (broad SMARTS) is 2. The number of anilines is 2. The molecule has 3 N–H and O–H groups in total. The van der Waals surface area contributed by atoms with Crippen molar-refractivity contribution in [2.75, 3.05) is 23.0 Å². The van der Waals surface area contributed by atoms with Crippen molar-refractivity contribution in [3.63, 3.8) is 0 Å². The molecule has 4 aromatic rings. The lowest BCUT2D eigenvalue weighted by Crippen LogP contribution is -2.38. The molecule has 0 radical (unpaired) electrons. The van der Waals surface area contributed by atoms with E-state index in [4.69, 9.17) is 23.2 Å². The van der Waals surface area contributed by atoms with Crippen molar-refractivity contribution in [2.24, 2.45) is 10.8 Å². The quantitative estimate of drug-likeness (QED) is 0.143. The van der Waals surface area contributed by atoms with Crippen LogP contribution in [0.4, 0.5) is 11.4 Å². The molecule has 0 aliphatic carbocycles. The van der Waals surface area contributed by atoms with Crippen LogP contribution in [0.15, 0.2) is 48.5 Å². The van der Waals surface area contributed by atoms with Gasteiger partial charge in [-0.25, -0.2) is 9.59 Å². The molecule has 13 heteroatoms. The number of thiophene rings is 2. The van der Waals surface area contributed by atoms with Crippen LogP contribution in [-0.4, -0.2) is 58.3 Å². The fourth-order valence-corrected chi connectivity index (χ4v) is 7.28. The van der Waals surface area contributed by atoms with Gasteiger partial charge in [-0.05, 0) is 129 Å². The van der Waals surface area contributed by atoms with Crippen LogP contribution in [-0.2, 0) is 0 Å². The van der Waals surface area contributed by atoms with Crippen molar-refractivity contribution >= 4 is 81.0 Å². The Morgan fingerprint density at radius 3 is 1.48 bits per heavy atom. The number of aryl methyl sites for hydroxylation is 2. The minimum Gasteiger partial charge on any atom is -0.477 e. The van der Waals surface area contributed by atoms with Crippen LogP contribution in [0.25, 0.3) is 0 Å². The van der Waals surface area contributed by atoms with E-state index in [0.717, 1.165) is 28.2 Å². The lowest BCUT2D eigenvalue weighted by molar-refractivity contribution is 0.0691. The third kappa shape index (κ3) is 12.4. The number of benzene rings is 2. The van der Waals surface area contributed by atoms with Gasteiger partial charge in [-0.3, -0.25) is 9.59 Å². The van der Waals surface area contributed by atoms with Crippen LogP contribution in [0.2, 0.25) is 10.0 Å². The number of nitrogens with zero attached hydrogens (tertiary/aromatic N) is 2. The van der Waals surface area contributed by atoms with Crippen LogP contribution >= 0.6 is 45.9 Å². The van der Waals surface area contributed by atoms with Crippen molar-refractivity contribution in [1.29, 1.82) is 0 Å². The zero-order valence-corrected chi connectivity index (χ0v) is 36.2. The summed E-state index contributed by atoms with van der Waals surface area (Å²) in [6.07, 6.45) is 0. The van der Waals surface area contributed by atoms with Crippen molar-refractivity contribution in [1.82, 2.24) is 0 Å². The predicted molar refractivity (Wildman–Crippen MR) is 228 cm³/mol. The van der Waals surface area contributed by atoms with E-state index >= 15 is 0 Å². The standard InChI is InChI=1S/C22H24ClNO3S.C21H22ClNO4S/c1-13(2)24(20(25)17-8-7-15(23)11-14(17)3)18-12-16(9-10-22(4,5)6)28-19(18)21(26)27;1-13-11-14(22)5-6-16(13)19(25)23(9-10-24)17-12-15(7-8-21(2,3)4)28-18(17)20(26)27/h7-8,11-13H,1-6H3,(H,26,27);5-6,11-12,24H,9-10H2,1-4H3,(H,26,27). The van der Waals surface area contributed by atoms with E-state index in [-0.39, 0.29) is 51.4 Å². The Labute approximate surface area is 346 Å². The lowest BCUT2D eigenvalue weighted by atomic mass is 9.98. The van der Waals surface area contributed by atoms with Crippen molar-refractivity contribution < 1.29 is 34.5 Å². The zero-order valence-electron chi connectivity index (χ0n) is 33.1. The van der Waals surface area contributed by atoms with Crippen LogP contribution in [0.1, 0.15) is 116 Å². The molecular weight excluding hydrogens is 792 g/mol. The third-order valence-electron chi connectivity index (χ3n) is 7.63. The van der Waals surface area contributed by atoms with Crippen molar-refractivity contribution in [2.45, 2.75) is 75.3 Å². The largest absolute Gasteiger partial charge is 0.477 e. The number of aliphatic hydroxyl groups is 1. The van der Waals surface area contributed by atoms with E-state index < -0.39 is 17.8 Å². The van der Waals surface area contributed by atoms with Gasteiger partial charge in [0.2, 0.25) is 0 Å². The third-order valence-corrected chi connectivity index (χ3v) is 10.2. The SMILES string of the molecule is Cc1cc(Cl)ccc1C(=O)N(CCO)c1cc(C#CC(C)(C)C)sc1C(=O)O.Cc1cc(Cl)ccc1C(=O)N(c1cc(C#CC(C)(C)C)sc1C(=O)O)C(C)C. The Balaban J connectivity index is 0.000000300. The number of rotatable bonds is 9. The van der Waals surface area contributed by atoms with Crippen molar-refractivity contribution in [3.05, 3.63) is 100 Å². The monoisotopic (exact) mass is 836 g/mol. The van der Waals surface area contributed by atoms with Gasteiger partial charge in [0, 0.05) is 44.6 Å². The van der Waals surface area contributed by atoms with E-state index in [0.29, 0.717) is 42.2 Å². The first kappa shape index (κ1) is 45.8. The Kier molecular flexibility index (Phi) is 15.5. The van der Waals surface area contributed by atoms with Crippen molar-refractivity contribution in [3.8, 4) is 23.7 Å². The number of carboxylic acids is 2. The van der Waals surface area contributed by atoms with Crippen LogP contribution in [0.5, 0.6) is 0 Å². The molecule has 2 heterocycles. The summed E-state index contributed by atoms with van der Waals surface area (Å²) in [5.41, 5.74) is 2.43. The van der Waals surface area contributed by atoms with Gasteiger partial charge in [0.1, 0.15) is 9.75 Å². The molecule has 0 aliphatic rings. The van der Waals surface area contributed by atoms with E-state index in [9.17, 15) is 34.5 Å². The molecule has 0 aliphatic heterocycles. The van der Waals surface area contributed by atoms with Gasteiger partial charge in [0.15, 0.2) is 0 Å². The zero-order chi connectivity index (χ0) is 42.3. The number of hydrogen-bond acceptors (Lipinski definition) is 7. The maximum Gasteiger partial charge on any atom is 0.348 e. The van der Waals surface area contributed by atoms with E-state index in [1.807, 2.05) is 62.3 Å². The smallest absolute Gasteiger partial charge is 0.348 e. The normalized spacial score (nSPS) is 11.0. The average molecular weight is 838 g/mol. The molecule has 9 nitrogen and oxygen atoms in total. The highest BCUT2D eigenvalue weighted by molar-refractivity contribution is 7.15. The van der Waals surface area contributed by atoms with Gasteiger partial charge in [-0.2, -0.15) is 0 Å². The Bertz CT molecular complexity index is 2250.